The molecule has 4 heteroatoms. The maximum Gasteiger partial charge on any atom is 0 e. The third kappa shape index (κ3) is 42.8. The Balaban J connectivity index is -0.00000000500. The Bertz CT molecular complexity index is 11.5. The van der Waals surface area contributed by atoms with Gasteiger partial charge in [0.2, 0.25) is 0 Å². The van der Waals surface area contributed by atoms with E-state index in [1.165, 1.54) is 0 Å². The molecule has 0 aromatic heterocycles. The molecular formula is C2H7AuClS2-2. The first-order valence-electron chi connectivity index (χ1n) is 0.816. The van der Waals surface area contributed by atoms with Crippen molar-refractivity contribution < 1.29 is 22.4 Å². The minimum absolute atomic E-state index is 0. The summed E-state index contributed by atoms with van der Waals surface area (Å²) in [5, 5.41) is 0. The van der Waals surface area contributed by atoms with Crippen LogP contribution in [0.2, 0.25) is 0 Å². The third-order valence-electron chi connectivity index (χ3n) is 0. The van der Waals surface area contributed by atoms with Crippen molar-refractivity contribution in [1.82, 2.24) is 0 Å². The summed E-state index contributed by atoms with van der Waals surface area (Å²) in [6, 6.07) is 0. The minimum Gasteiger partial charge on any atom is -0.796 e. The van der Waals surface area contributed by atoms with E-state index in [-0.39, 0.29) is 34.8 Å². The molecule has 0 heterocycles. The zero-order valence-corrected chi connectivity index (χ0v) is 8.14. The zero-order valence-electron chi connectivity index (χ0n) is 3.53. The van der Waals surface area contributed by atoms with Crippen LogP contribution in [0.3, 0.4) is 0 Å². The largest absolute Gasteiger partial charge is 0.796 e. The van der Waals surface area contributed by atoms with Gasteiger partial charge in [0.1, 0.15) is 0 Å². The topological polar surface area (TPSA) is 0 Å². The van der Waals surface area contributed by atoms with Gasteiger partial charge >= 0.3 is 0 Å². The Hall–Kier alpha value is 1.73. The maximum atomic E-state index is 4.08. The molecule has 0 rings (SSSR count). The number of halogens is 1. The summed E-state index contributed by atoms with van der Waals surface area (Å²) < 4.78 is 0. The summed E-state index contributed by atoms with van der Waals surface area (Å²) >= 11 is 8.17. The van der Waals surface area contributed by atoms with Crippen LogP contribution in [0.5, 0.6) is 0 Å². The molecule has 0 saturated heterocycles. The van der Waals surface area contributed by atoms with Crippen LogP contribution in [0.4, 0.5) is 0 Å². The molecule has 1 radical (unpaired) electrons. The Kier molecular flexibility index (Phi) is 310. The Morgan fingerprint density at radius 2 is 0.833 bits per heavy atom. The van der Waals surface area contributed by atoms with Crippen molar-refractivity contribution in [1.29, 1.82) is 0 Å². The first-order valence-corrected chi connectivity index (χ1v) is 2.45. The van der Waals surface area contributed by atoms with E-state index in [1.54, 1.807) is 12.5 Å². The van der Waals surface area contributed by atoms with Gasteiger partial charge in [0.15, 0.2) is 0 Å². The molecule has 0 aromatic carbocycles. The van der Waals surface area contributed by atoms with Crippen molar-refractivity contribution >= 4 is 37.7 Å². The summed E-state index contributed by atoms with van der Waals surface area (Å²) in [5.41, 5.74) is 0. The van der Waals surface area contributed by atoms with Crippen molar-refractivity contribution in [3.8, 4) is 0 Å². The molecule has 0 aliphatic rings. The monoisotopic (exact) mass is 327 g/mol. The van der Waals surface area contributed by atoms with Crippen LogP contribution < -0.4 is 0 Å². The van der Waals surface area contributed by atoms with E-state index in [1.807, 2.05) is 0 Å². The molecule has 0 aromatic rings. The van der Waals surface area contributed by atoms with Crippen LogP contribution in [-0.2, 0) is 47.6 Å². The number of hydrogen-bond donors (Lipinski definition) is 0. The molecule has 0 aliphatic heterocycles. The molecule has 0 saturated carbocycles. The second kappa shape index (κ2) is 73.8. The zero-order chi connectivity index (χ0) is 4.00. The van der Waals surface area contributed by atoms with E-state index in [0.29, 0.717) is 0 Å². The van der Waals surface area contributed by atoms with Gasteiger partial charge in [-0.05, 0) is 0 Å². The fraction of sp³-hybridized carbons (Fsp3) is 1.00. The standard InChI is InChI=1S/2CH4S.Au.ClH/c2*1-2;;/h2*2H,1H3;;1H/p-2. The molecule has 0 atom stereocenters. The van der Waals surface area contributed by atoms with Gasteiger partial charge in [0, 0.05) is 22.4 Å². The van der Waals surface area contributed by atoms with Crippen LogP contribution in [0.1, 0.15) is 0 Å². The predicted molar refractivity (Wildman–Crippen MR) is 33.8 cm³/mol. The average Bonchev–Trinajstić information content (AvgIpc) is 1.50. The van der Waals surface area contributed by atoms with Crippen molar-refractivity contribution in [3.63, 3.8) is 0 Å². The summed E-state index contributed by atoms with van der Waals surface area (Å²) in [4.78, 5) is 0. The predicted octanol–water partition coefficient (Wildman–Crippen LogP) is 0.745. The van der Waals surface area contributed by atoms with E-state index in [4.69, 9.17) is 0 Å². The minimum atomic E-state index is 0. The van der Waals surface area contributed by atoms with Crippen LogP contribution >= 0.6 is 12.4 Å². The van der Waals surface area contributed by atoms with E-state index in [2.05, 4.69) is 25.3 Å². The summed E-state index contributed by atoms with van der Waals surface area (Å²) in [6.07, 6.45) is 3.17. The quantitative estimate of drug-likeness (QED) is 0.476. The molecule has 6 heavy (non-hydrogen) atoms. The van der Waals surface area contributed by atoms with Crippen LogP contribution in [0, 0.1) is 0 Å². The molecule has 0 aliphatic carbocycles. The summed E-state index contributed by atoms with van der Waals surface area (Å²) in [5.74, 6) is 0. The second-order valence-corrected chi connectivity index (χ2v) is 0. The Labute approximate surface area is 72.2 Å². The third-order valence-corrected chi connectivity index (χ3v) is 0. The second-order valence-electron chi connectivity index (χ2n) is 0. The Morgan fingerprint density at radius 3 is 0.833 bits per heavy atom. The van der Waals surface area contributed by atoms with Crippen LogP contribution in [0.25, 0.3) is 0 Å². The summed E-state index contributed by atoms with van der Waals surface area (Å²) in [7, 11) is 0. The van der Waals surface area contributed by atoms with Gasteiger partial charge in [-0.3, -0.25) is 0 Å². The van der Waals surface area contributed by atoms with Gasteiger partial charge in [-0.25, -0.2) is 0 Å². The van der Waals surface area contributed by atoms with E-state index in [9.17, 15) is 0 Å². The maximum absolute atomic E-state index is 4.08. The molecule has 0 unspecified atom stereocenters. The SMILES string of the molecule is C[S-].C[S-].Cl.[Au]. The normalized spacial score (nSPS) is 2.00. The first-order chi connectivity index (χ1) is 2.00. The molecular weight excluding hydrogens is 321 g/mol. The van der Waals surface area contributed by atoms with E-state index in [0.717, 1.165) is 0 Å². The molecule has 0 nitrogen and oxygen atoms in total. The van der Waals surface area contributed by atoms with Crippen LogP contribution in [-0.4, -0.2) is 12.5 Å². The fourth-order valence-corrected chi connectivity index (χ4v) is 0. The van der Waals surface area contributed by atoms with Gasteiger partial charge < -0.3 is 25.3 Å². The molecule has 0 spiro atoms. The van der Waals surface area contributed by atoms with Crippen molar-refractivity contribution in [2.45, 2.75) is 0 Å². The van der Waals surface area contributed by atoms with Gasteiger partial charge in [0.05, 0.1) is 0 Å². The van der Waals surface area contributed by atoms with Crippen LogP contribution in [0.15, 0.2) is 0 Å². The fourth-order valence-electron chi connectivity index (χ4n) is 0. The van der Waals surface area contributed by atoms with Gasteiger partial charge in [-0.1, -0.05) is 0 Å². The number of hydrogen-bond acceptors (Lipinski definition) is 2. The molecule has 0 fully saturated rings. The van der Waals surface area contributed by atoms with Crippen molar-refractivity contribution in [2.24, 2.45) is 0 Å². The summed E-state index contributed by atoms with van der Waals surface area (Å²) in [6.45, 7) is 0. The number of rotatable bonds is 0. The average molecular weight is 328 g/mol. The molecule has 47 valence electrons. The van der Waals surface area contributed by atoms with Gasteiger partial charge in [-0.2, -0.15) is 12.5 Å². The van der Waals surface area contributed by atoms with Crippen molar-refractivity contribution in [3.05, 3.63) is 0 Å². The molecule has 0 amide bonds. The van der Waals surface area contributed by atoms with E-state index < -0.39 is 0 Å². The van der Waals surface area contributed by atoms with E-state index >= 15 is 0 Å². The molecule has 0 bridgehead atoms. The van der Waals surface area contributed by atoms with Crippen molar-refractivity contribution in [2.75, 3.05) is 12.5 Å². The smallest absolute Gasteiger partial charge is 0 e. The molecule has 0 N–H and O–H groups in total. The van der Waals surface area contributed by atoms with Gasteiger partial charge in [-0.15, -0.1) is 12.4 Å². The Morgan fingerprint density at radius 1 is 0.833 bits per heavy atom. The van der Waals surface area contributed by atoms with Gasteiger partial charge in [0.25, 0.3) is 0 Å². The first kappa shape index (κ1) is 25.2.